The Hall–Kier alpha value is -3.52. The standard InChI is InChI=1S/C42H48N4S2Si/c1-31-19-21-36(22-20-31)49(4,47-29-27-45-25-23-43-41(45)32(2)37-17-9-13-34-11-5-7-15-39(34)37)48-30-28-46-26-24-44-42(46)33(3)38-18-10-14-35-12-6-8-16-40(35)38/h5-22,32-33H,23-30H2,1-4H3. The van der Waals surface area contributed by atoms with Crippen LogP contribution in [-0.2, 0) is 0 Å². The van der Waals surface area contributed by atoms with Crippen LogP contribution in [0.25, 0.3) is 21.5 Å². The molecule has 5 aromatic carbocycles. The molecule has 0 fully saturated rings. The average Bonchev–Trinajstić information content (AvgIpc) is 3.81. The second-order valence-corrected chi connectivity index (χ2v) is 24.8. The molecule has 4 nitrogen and oxygen atoms in total. The van der Waals surface area contributed by atoms with Crippen LogP contribution < -0.4 is 5.19 Å². The van der Waals surface area contributed by atoms with Gasteiger partial charge in [0.15, 0.2) is 0 Å². The van der Waals surface area contributed by atoms with Crippen LogP contribution in [0.1, 0.15) is 42.4 Å². The van der Waals surface area contributed by atoms with Gasteiger partial charge in [0.25, 0.3) is 0 Å². The number of aryl methyl sites for hydroxylation is 1. The van der Waals surface area contributed by atoms with E-state index < -0.39 is 6.37 Å². The molecule has 252 valence electrons. The molecule has 2 heterocycles. The predicted molar refractivity (Wildman–Crippen MR) is 220 cm³/mol. The number of fused-ring (bicyclic) bond motifs is 2. The summed E-state index contributed by atoms with van der Waals surface area (Å²) in [6, 6.07) is 40.3. The van der Waals surface area contributed by atoms with Gasteiger partial charge in [-0.05, 0) is 51.3 Å². The maximum atomic E-state index is 5.06. The van der Waals surface area contributed by atoms with E-state index in [0.717, 1.165) is 50.8 Å². The topological polar surface area (TPSA) is 31.2 Å². The van der Waals surface area contributed by atoms with Crippen molar-refractivity contribution in [2.24, 2.45) is 9.98 Å². The van der Waals surface area contributed by atoms with Crippen LogP contribution in [0.2, 0.25) is 6.55 Å². The summed E-state index contributed by atoms with van der Waals surface area (Å²) >= 11 is 4.45. The van der Waals surface area contributed by atoms with E-state index in [4.69, 9.17) is 9.98 Å². The lowest BCUT2D eigenvalue weighted by molar-refractivity contribution is 0.474. The highest BCUT2D eigenvalue weighted by molar-refractivity contribution is 8.59. The zero-order valence-electron chi connectivity index (χ0n) is 29.3. The van der Waals surface area contributed by atoms with Gasteiger partial charge in [0.05, 0.1) is 13.1 Å². The first kappa shape index (κ1) is 33.9. The van der Waals surface area contributed by atoms with Crippen LogP contribution in [0.3, 0.4) is 0 Å². The first-order valence-corrected chi connectivity index (χ1v) is 23.7. The first-order valence-electron chi connectivity index (χ1n) is 17.8. The first-order chi connectivity index (χ1) is 23.9. The highest BCUT2D eigenvalue weighted by Gasteiger charge is 2.33. The monoisotopic (exact) mass is 700 g/mol. The molecular formula is C42H48N4S2Si. The third-order valence-electron chi connectivity index (χ3n) is 10.3. The second kappa shape index (κ2) is 15.2. The van der Waals surface area contributed by atoms with Crippen molar-refractivity contribution in [3.05, 3.63) is 126 Å². The van der Waals surface area contributed by atoms with Crippen molar-refractivity contribution in [2.45, 2.75) is 39.2 Å². The van der Waals surface area contributed by atoms with Gasteiger partial charge >= 0.3 is 0 Å². The molecule has 2 unspecified atom stereocenters. The molecule has 49 heavy (non-hydrogen) atoms. The van der Waals surface area contributed by atoms with Gasteiger partial charge in [0, 0.05) is 49.5 Å². The Balaban J connectivity index is 1.01. The Kier molecular flexibility index (Phi) is 10.5. The molecular weight excluding hydrogens is 653 g/mol. The largest absolute Gasteiger partial charge is 0.357 e. The fourth-order valence-electron chi connectivity index (χ4n) is 7.57. The third-order valence-corrected chi connectivity index (χ3v) is 21.7. The number of hydrogen-bond acceptors (Lipinski definition) is 6. The van der Waals surface area contributed by atoms with Gasteiger partial charge < -0.3 is 9.80 Å². The number of aliphatic imine (C=N–C) groups is 2. The van der Waals surface area contributed by atoms with Gasteiger partial charge in [0.1, 0.15) is 11.7 Å². The van der Waals surface area contributed by atoms with Crippen LogP contribution in [-0.4, -0.2) is 78.6 Å². The summed E-state index contributed by atoms with van der Waals surface area (Å²) in [5, 5.41) is 6.83. The molecule has 0 aliphatic carbocycles. The summed E-state index contributed by atoms with van der Waals surface area (Å²) in [7, 11) is 0. The number of hydrogen-bond donors (Lipinski definition) is 0. The second-order valence-electron chi connectivity index (χ2n) is 13.5. The molecule has 0 spiro atoms. The molecule has 0 radical (unpaired) electrons. The summed E-state index contributed by atoms with van der Waals surface area (Å²) in [6.45, 7) is 15.4. The highest BCUT2D eigenvalue weighted by atomic mass is 32.6. The Morgan fingerprint density at radius 1 is 0.612 bits per heavy atom. The van der Waals surface area contributed by atoms with E-state index in [1.165, 1.54) is 55.1 Å². The van der Waals surface area contributed by atoms with Crippen molar-refractivity contribution in [3.63, 3.8) is 0 Å². The summed E-state index contributed by atoms with van der Waals surface area (Å²) in [4.78, 5) is 15.2. The molecule has 2 aliphatic rings. The predicted octanol–water partition coefficient (Wildman–Crippen LogP) is 9.08. The zero-order valence-corrected chi connectivity index (χ0v) is 31.9. The zero-order chi connectivity index (χ0) is 33.8. The smallest absolute Gasteiger partial charge is 0.204 e. The quantitative estimate of drug-likeness (QED) is 0.115. The van der Waals surface area contributed by atoms with Gasteiger partial charge in [-0.2, -0.15) is 22.4 Å². The Labute approximate surface area is 301 Å². The summed E-state index contributed by atoms with van der Waals surface area (Å²) in [6.07, 6.45) is -1.89. The number of rotatable bonds is 13. The molecule has 0 saturated heterocycles. The third kappa shape index (κ3) is 7.35. The van der Waals surface area contributed by atoms with Crippen LogP contribution in [0.15, 0.2) is 119 Å². The molecule has 5 aromatic rings. The lowest BCUT2D eigenvalue weighted by atomic mass is 9.93. The minimum atomic E-state index is -1.89. The minimum Gasteiger partial charge on any atom is -0.357 e. The van der Waals surface area contributed by atoms with Crippen molar-refractivity contribution in [3.8, 4) is 0 Å². The number of benzene rings is 5. The average molecular weight is 701 g/mol. The molecule has 0 N–H and O–H groups in total. The Morgan fingerprint density at radius 3 is 1.55 bits per heavy atom. The lowest BCUT2D eigenvalue weighted by Crippen LogP contribution is -2.42. The van der Waals surface area contributed by atoms with Crippen molar-refractivity contribution in [1.82, 2.24) is 9.80 Å². The fraction of sp³-hybridized carbons (Fsp3) is 0.333. The van der Waals surface area contributed by atoms with Crippen LogP contribution in [0, 0.1) is 6.92 Å². The summed E-state index contributed by atoms with van der Waals surface area (Å²) < 4.78 is 0. The maximum Gasteiger partial charge on any atom is 0.204 e. The van der Waals surface area contributed by atoms with Crippen LogP contribution in [0.4, 0.5) is 0 Å². The molecule has 0 bridgehead atoms. The summed E-state index contributed by atoms with van der Waals surface area (Å²) in [5.41, 5.74) is 4.09. The molecule has 0 saturated carbocycles. The molecule has 2 atom stereocenters. The van der Waals surface area contributed by atoms with Crippen molar-refractivity contribution < 1.29 is 0 Å². The minimum absolute atomic E-state index is 0.279. The van der Waals surface area contributed by atoms with Gasteiger partial charge in [-0.25, -0.2) is 0 Å². The number of amidine groups is 2. The van der Waals surface area contributed by atoms with E-state index in [1.54, 1.807) is 0 Å². The van der Waals surface area contributed by atoms with Gasteiger partial charge in [-0.1, -0.05) is 129 Å². The highest BCUT2D eigenvalue weighted by Crippen LogP contribution is 2.35. The van der Waals surface area contributed by atoms with E-state index >= 15 is 0 Å². The SMILES string of the molecule is Cc1ccc([Si](C)(SCCN2CCN=C2C(C)c2cccc3ccccc23)SCCN2CCN=C2C(C)c2cccc3ccccc23)cc1. The van der Waals surface area contributed by atoms with Gasteiger partial charge in [-0.3, -0.25) is 9.98 Å². The molecule has 7 rings (SSSR count). The molecule has 0 amide bonds. The molecule has 0 aromatic heterocycles. The Morgan fingerprint density at radius 2 is 1.06 bits per heavy atom. The molecule has 2 aliphatic heterocycles. The van der Waals surface area contributed by atoms with Gasteiger partial charge in [0.2, 0.25) is 6.37 Å². The molecule has 7 heteroatoms. The van der Waals surface area contributed by atoms with Crippen molar-refractivity contribution in [2.75, 3.05) is 50.8 Å². The Bertz CT molecular complexity index is 1850. The van der Waals surface area contributed by atoms with Crippen LogP contribution >= 0.6 is 22.4 Å². The van der Waals surface area contributed by atoms with Crippen LogP contribution in [0.5, 0.6) is 0 Å². The van der Waals surface area contributed by atoms with E-state index in [9.17, 15) is 0 Å². The normalized spacial score (nSPS) is 17.3. The van der Waals surface area contributed by atoms with Gasteiger partial charge in [-0.15, -0.1) is 0 Å². The fourth-order valence-corrected chi connectivity index (χ4v) is 17.4. The maximum absolute atomic E-state index is 5.06. The van der Waals surface area contributed by atoms with E-state index in [-0.39, 0.29) is 11.8 Å². The lowest BCUT2D eigenvalue weighted by Gasteiger charge is -2.31. The summed E-state index contributed by atoms with van der Waals surface area (Å²) in [5.74, 6) is 5.29. The number of nitrogens with zero attached hydrogens (tertiary/aromatic N) is 4. The van der Waals surface area contributed by atoms with E-state index in [2.05, 4.69) is 169 Å². The van der Waals surface area contributed by atoms with Crippen molar-refractivity contribution >= 4 is 67.2 Å². The van der Waals surface area contributed by atoms with Crippen molar-refractivity contribution in [1.29, 1.82) is 0 Å². The van der Waals surface area contributed by atoms with E-state index in [1.807, 2.05) is 0 Å². The van der Waals surface area contributed by atoms with E-state index in [0.29, 0.717) is 0 Å².